The molecule has 1 amide bonds. The van der Waals surface area contributed by atoms with Crippen LogP contribution in [0, 0.1) is 5.82 Å². The second-order valence-corrected chi connectivity index (χ2v) is 5.22. The summed E-state index contributed by atoms with van der Waals surface area (Å²) in [6.07, 6.45) is 4.43. The van der Waals surface area contributed by atoms with Crippen LogP contribution in [-0.4, -0.2) is 21.6 Å². The van der Waals surface area contributed by atoms with E-state index in [1.54, 1.807) is 24.2 Å². The van der Waals surface area contributed by atoms with Crippen LogP contribution in [0.4, 0.5) is 15.8 Å². The fourth-order valence-electron chi connectivity index (χ4n) is 1.58. The van der Waals surface area contributed by atoms with Gasteiger partial charge in [-0.25, -0.2) is 9.37 Å². The van der Waals surface area contributed by atoms with Gasteiger partial charge in [-0.1, -0.05) is 11.8 Å². The van der Waals surface area contributed by atoms with Crippen molar-refractivity contribution >= 4 is 29.0 Å². The zero-order valence-electron chi connectivity index (χ0n) is 10.7. The summed E-state index contributed by atoms with van der Waals surface area (Å²) in [4.78, 5) is 18.7. The van der Waals surface area contributed by atoms with Gasteiger partial charge in [0.05, 0.1) is 5.69 Å². The van der Waals surface area contributed by atoms with Crippen molar-refractivity contribution in [3.05, 3.63) is 36.4 Å². The average molecular weight is 294 g/mol. The van der Waals surface area contributed by atoms with Gasteiger partial charge in [0.2, 0.25) is 5.91 Å². The van der Waals surface area contributed by atoms with Gasteiger partial charge in [0.1, 0.15) is 5.82 Å². The molecule has 4 N–H and O–H groups in total. The molecule has 0 atom stereocenters. The number of nitrogens with zero attached hydrogens (tertiary/aromatic N) is 1. The number of aromatic nitrogens is 2. The number of amides is 1. The van der Waals surface area contributed by atoms with Crippen LogP contribution < -0.4 is 11.1 Å². The van der Waals surface area contributed by atoms with Gasteiger partial charge < -0.3 is 16.0 Å². The lowest BCUT2D eigenvalue weighted by Gasteiger charge is -2.07. The van der Waals surface area contributed by atoms with Gasteiger partial charge in [0.25, 0.3) is 0 Å². The minimum Gasteiger partial charge on any atom is -0.399 e. The van der Waals surface area contributed by atoms with E-state index in [1.807, 2.05) is 0 Å². The van der Waals surface area contributed by atoms with Crippen LogP contribution in [0.1, 0.15) is 12.8 Å². The number of nitrogen functional groups attached to an aromatic ring is 1. The summed E-state index contributed by atoms with van der Waals surface area (Å²) < 4.78 is 13.4. The second kappa shape index (κ2) is 6.95. The lowest BCUT2D eigenvalue weighted by atomic mass is 10.2. The highest BCUT2D eigenvalue weighted by molar-refractivity contribution is 7.99. The number of rotatable bonds is 6. The first kappa shape index (κ1) is 14.4. The molecule has 0 saturated carbocycles. The minimum absolute atomic E-state index is 0.119. The summed E-state index contributed by atoms with van der Waals surface area (Å²) in [6.45, 7) is 0. The number of hydrogen-bond acceptors (Lipinski definition) is 4. The Hall–Kier alpha value is -2.02. The molecule has 0 unspecified atom stereocenters. The summed E-state index contributed by atoms with van der Waals surface area (Å²) in [7, 11) is 0. The Morgan fingerprint density at radius 2 is 2.35 bits per heavy atom. The highest BCUT2D eigenvalue weighted by Gasteiger charge is 2.07. The van der Waals surface area contributed by atoms with Gasteiger partial charge in [-0.15, -0.1) is 0 Å². The summed E-state index contributed by atoms with van der Waals surface area (Å²) in [5, 5.41) is 3.34. The van der Waals surface area contributed by atoms with E-state index in [4.69, 9.17) is 5.73 Å². The van der Waals surface area contributed by atoms with Crippen molar-refractivity contribution in [3.8, 4) is 0 Å². The van der Waals surface area contributed by atoms with Crippen molar-refractivity contribution in [1.82, 2.24) is 9.97 Å². The molecular formula is C13H15FN4OS. The number of nitrogens with one attached hydrogen (secondary N) is 2. The first-order valence-corrected chi connectivity index (χ1v) is 7.11. The van der Waals surface area contributed by atoms with E-state index in [0.29, 0.717) is 18.5 Å². The number of benzene rings is 1. The number of imidazole rings is 1. The van der Waals surface area contributed by atoms with Crippen LogP contribution in [0.5, 0.6) is 0 Å². The van der Waals surface area contributed by atoms with E-state index < -0.39 is 5.82 Å². The monoisotopic (exact) mass is 294 g/mol. The molecule has 0 aliphatic carbocycles. The quantitative estimate of drug-likeness (QED) is 0.434. The van der Waals surface area contributed by atoms with Crippen LogP contribution in [0.15, 0.2) is 35.7 Å². The van der Waals surface area contributed by atoms with Gasteiger partial charge in [0.15, 0.2) is 5.16 Å². The van der Waals surface area contributed by atoms with E-state index in [2.05, 4.69) is 15.3 Å². The standard InChI is InChI=1S/C13H15FN4OS/c14-10-4-3-9(15)8-11(10)18-12(19)2-1-7-20-13-16-5-6-17-13/h3-6,8H,1-2,7,15H2,(H,16,17)(H,18,19). The molecule has 0 aliphatic rings. The van der Waals surface area contributed by atoms with Crippen molar-refractivity contribution in [2.75, 3.05) is 16.8 Å². The van der Waals surface area contributed by atoms with Crippen molar-refractivity contribution < 1.29 is 9.18 Å². The third-order valence-corrected chi connectivity index (χ3v) is 3.51. The molecule has 2 aromatic rings. The Kier molecular flexibility index (Phi) is 5.00. The van der Waals surface area contributed by atoms with Gasteiger partial charge in [-0.05, 0) is 24.6 Å². The van der Waals surface area contributed by atoms with Gasteiger partial charge in [-0.2, -0.15) is 0 Å². The number of H-pyrrole nitrogens is 1. The number of anilines is 2. The normalized spacial score (nSPS) is 10.4. The molecule has 20 heavy (non-hydrogen) atoms. The Balaban J connectivity index is 1.73. The highest BCUT2D eigenvalue weighted by atomic mass is 32.2. The number of thioether (sulfide) groups is 1. The van der Waals surface area contributed by atoms with Crippen molar-refractivity contribution in [2.45, 2.75) is 18.0 Å². The molecule has 1 aromatic carbocycles. The zero-order chi connectivity index (χ0) is 14.4. The lowest BCUT2D eigenvalue weighted by Crippen LogP contribution is -2.12. The lowest BCUT2D eigenvalue weighted by molar-refractivity contribution is -0.116. The summed E-state index contributed by atoms with van der Waals surface area (Å²) in [5.74, 6) is 0.0485. The van der Waals surface area contributed by atoms with E-state index in [-0.39, 0.29) is 11.6 Å². The Morgan fingerprint density at radius 1 is 1.50 bits per heavy atom. The van der Waals surface area contributed by atoms with Gasteiger partial charge >= 0.3 is 0 Å². The average Bonchev–Trinajstić information content (AvgIpc) is 2.92. The first-order chi connectivity index (χ1) is 9.65. The van der Waals surface area contributed by atoms with Crippen molar-refractivity contribution in [1.29, 1.82) is 0 Å². The SMILES string of the molecule is Nc1ccc(F)c(NC(=O)CCCSc2ncc[nH]2)c1. The molecular weight excluding hydrogens is 279 g/mol. The highest BCUT2D eigenvalue weighted by Crippen LogP contribution is 2.18. The van der Waals surface area contributed by atoms with E-state index in [9.17, 15) is 9.18 Å². The molecule has 1 heterocycles. The smallest absolute Gasteiger partial charge is 0.224 e. The second-order valence-electron chi connectivity index (χ2n) is 4.13. The van der Waals surface area contributed by atoms with Gasteiger partial charge in [0, 0.05) is 30.3 Å². The fraction of sp³-hybridized carbons (Fsp3) is 0.231. The van der Waals surface area contributed by atoms with Crippen molar-refractivity contribution in [3.63, 3.8) is 0 Å². The summed E-state index contributed by atoms with van der Waals surface area (Å²) in [5.41, 5.74) is 6.08. The minimum atomic E-state index is -0.488. The molecule has 0 aliphatic heterocycles. The van der Waals surface area contributed by atoms with Crippen LogP contribution in [0.2, 0.25) is 0 Å². The van der Waals surface area contributed by atoms with E-state index >= 15 is 0 Å². The topological polar surface area (TPSA) is 83.8 Å². The fourth-order valence-corrected chi connectivity index (χ4v) is 2.35. The maximum absolute atomic E-state index is 13.4. The largest absolute Gasteiger partial charge is 0.399 e. The third kappa shape index (κ3) is 4.27. The number of hydrogen-bond donors (Lipinski definition) is 3. The van der Waals surface area contributed by atoms with Crippen LogP contribution in [0.25, 0.3) is 0 Å². The summed E-state index contributed by atoms with van der Waals surface area (Å²) in [6, 6.07) is 4.09. The predicted molar refractivity (Wildman–Crippen MR) is 78.0 cm³/mol. The maximum atomic E-state index is 13.4. The van der Waals surface area contributed by atoms with Crippen LogP contribution >= 0.6 is 11.8 Å². The maximum Gasteiger partial charge on any atom is 0.224 e. The van der Waals surface area contributed by atoms with Crippen molar-refractivity contribution in [2.24, 2.45) is 0 Å². The summed E-state index contributed by atoms with van der Waals surface area (Å²) >= 11 is 1.54. The first-order valence-electron chi connectivity index (χ1n) is 6.12. The molecule has 0 spiro atoms. The predicted octanol–water partition coefficient (Wildman–Crippen LogP) is 2.64. The number of halogens is 1. The molecule has 1 aromatic heterocycles. The molecule has 0 radical (unpaired) electrons. The Bertz CT molecular complexity index is 574. The number of nitrogens with two attached hydrogens (primary N) is 1. The van der Waals surface area contributed by atoms with Gasteiger partial charge in [-0.3, -0.25) is 4.79 Å². The molecule has 5 nitrogen and oxygen atoms in total. The molecule has 106 valence electrons. The zero-order valence-corrected chi connectivity index (χ0v) is 11.5. The van der Waals surface area contributed by atoms with E-state index in [0.717, 1.165) is 10.9 Å². The Labute approximate surface area is 120 Å². The van der Waals surface area contributed by atoms with E-state index in [1.165, 1.54) is 18.2 Å². The number of aromatic amines is 1. The third-order valence-electron chi connectivity index (χ3n) is 2.52. The van der Waals surface area contributed by atoms with Crippen LogP contribution in [-0.2, 0) is 4.79 Å². The van der Waals surface area contributed by atoms with Crippen LogP contribution in [0.3, 0.4) is 0 Å². The number of carbonyl (C=O) groups is 1. The molecule has 0 fully saturated rings. The molecule has 2 rings (SSSR count). The molecule has 0 bridgehead atoms. The molecule has 0 saturated heterocycles. The molecule has 7 heteroatoms. The Morgan fingerprint density at radius 3 is 3.10 bits per heavy atom. The number of carbonyl (C=O) groups excluding carboxylic acids is 1.